The first-order chi connectivity index (χ1) is 27.5. The Balaban J connectivity index is 1.31. The molecule has 0 bridgehead atoms. The SMILES string of the molecule is CC(=O)O[C@@H]1CO[C@@H](C)C[C@H](O)[C@@]2(C)C(=O)CC3=C(C)[C@]4(OC(=O)C(O)C(NC(=O)c5ccccc5)c5ccccc5)C[C@@](O)(C(OC(=O)c5ccccc5)[C@H]12)[C@@]34C. The number of rotatable bonds is 9. The van der Waals surface area contributed by atoms with Crippen molar-refractivity contribution < 1.29 is 58.2 Å². The Bertz CT molecular complexity index is 2130. The van der Waals surface area contributed by atoms with Crippen molar-refractivity contribution in [3.05, 3.63) is 119 Å². The maximum atomic E-state index is 14.9. The van der Waals surface area contributed by atoms with E-state index < -0.39 is 94.1 Å². The number of carbonyl (C=O) groups excluding carboxylic acids is 5. The van der Waals surface area contributed by atoms with Gasteiger partial charge in [-0.05, 0) is 68.7 Å². The van der Waals surface area contributed by atoms with Crippen LogP contribution in [0.4, 0.5) is 0 Å². The number of carbonyl (C=O) groups is 5. The van der Waals surface area contributed by atoms with E-state index in [4.69, 9.17) is 18.9 Å². The largest absolute Gasteiger partial charge is 0.460 e. The number of benzene rings is 3. The summed E-state index contributed by atoms with van der Waals surface area (Å²) in [5.74, 6) is -5.04. The fourth-order valence-electron chi connectivity index (χ4n) is 10.0. The first-order valence-corrected chi connectivity index (χ1v) is 19.5. The lowest BCUT2D eigenvalue weighted by Gasteiger charge is -2.76. The first kappa shape index (κ1) is 41.0. The molecule has 1 amide bonds. The van der Waals surface area contributed by atoms with Crippen LogP contribution in [0.25, 0.3) is 0 Å². The predicted molar refractivity (Wildman–Crippen MR) is 207 cm³/mol. The second-order valence-corrected chi connectivity index (χ2v) is 16.4. The van der Waals surface area contributed by atoms with Crippen LogP contribution in [0.2, 0.25) is 0 Å². The van der Waals surface area contributed by atoms with Crippen LogP contribution < -0.4 is 5.32 Å². The van der Waals surface area contributed by atoms with Crippen LogP contribution in [0.5, 0.6) is 0 Å². The van der Waals surface area contributed by atoms with Crippen molar-refractivity contribution in [1.82, 2.24) is 5.32 Å². The quantitative estimate of drug-likeness (QED) is 0.137. The van der Waals surface area contributed by atoms with Gasteiger partial charge in [0.2, 0.25) is 0 Å². The summed E-state index contributed by atoms with van der Waals surface area (Å²) in [6, 6.07) is 23.5. The number of hydrogen-bond acceptors (Lipinski definition) is 12. The third-order valence-corrected chi connectivity index (χ3v) is 13.3. The zero-order valence-corrected chi connectivity index (χ0v) is 33.0. The van der Waals surface area contributed by atoms with Crippen molar-refractivity contribution in [2.75, 3.05) is 6.61 Å². The van der Waals surface area contributed by atoms with Gasteiger partial charge in [0, 0.05) is 31.7 Å². The summed E-state index contributed by atoms with van der Waals surface area (Å²) in [4.78, 5) is 69.2. The Labute approximate surface area is 336 Å². The number of amides is 1. The van der Waals surface area contributed by atoms with E-state index in [9.17, 15) is 39.3 Å². The zero-order valence-electron chi connectivity index (χ0n) is 33.0. The number of hydrogen-bond donors (Lipinski definition) is 4. The molecule has 7 rings (SSSR count). The minimum atomic E-state index is -2.09. The van der Waals surface area contributed by atoms with E-state index in [1.807, 2.05) is 0 Å². The molecule has 0 radical (unpaired) electrons. The molecule has 4 aliphatic rings. The molecular formula is C45H49NO12. The van der Waals surface area contributed by atoms with Gasteiger partial charge in [-0.2, -0.15) is 0 Å². The maximum absolute atomic E-state index is 14.9. The second kappa shape index (κ2) is 15.2. The molecule has 1 saturated heterocycles. The van der Waals surface area contributed by atoms with E-state index in [2.05, 4.69) is 5.32 Å². The molecule has 1 aliphatic heterocycles. The van der Waals surface area contributed by atoms with Crippen LogP contribution in [-0.2, 0) is 33.3 Å². The molecule has 58 heavy (non-hydrogen) atoms. The molecule has 1 heterocycles. The molecule has 4 N–H and O–H groups in total. The topological polar surface area (TPSA) is 195 Å². The van der Waals surface area contributed by atoms with Crippen LogP contribution in [0.15, 0.2) is 102 Å². The van der Waals surface area contributed by atoms with E-state index >= 15 is 0 Å². The highest BCUT2D eigenvalue weighted by Crippen LogP contribution is 2.77. The summed E-state index contributed by atoms with van der Waals surface area (Å²) in [6.07, 6.45) is -7.41. The standard InChI is InChI=1S/C45H49NO12/c1-25-21-33(48)42(4)34(49)22-31-26(2)45(58-41(53)37(50)36(28-15-9-6-10-16-28)46-39(51)29-17-11-7-12-18-29)24-44(54,43(31,45)5)38(35(42)32(23-55-25)56-27(3)47)57-40(52)30-19-13-8-14-20-30/h6-20,25,32-33,35-38,48,50,54H,21-24H2,1-5H3,(H,46,51)/t25-,32+,33-,35-,36?,37?,38?,42-,43+,44+,45+/m0/s1. The molecule has 11 atom stereocenters. The number of ether oxygens (including phenoxy) is 4. The molecule has 3 aliphatic carbocycles. The number of esters is 3. The number of fused-ring (bicyclic) bond motifs is 1. The van der Waals surface area contributed by atoms with E-state index in [-0.39, 0.29) is 31.4 Å². The predicted octanol–water partition coefficient (Wildman–Crippen LogP) is 4.19. The monoisotopic (exact) mass is 795 g/mol. The van der Waals surface area contributed by atoms with Crippen molar-refractivity contribution >= 4 is 29.6 Å². The summed E-state index contributed by atoms with van der Waals surface area (Å²) in [6.45, 7) is 7.49. The zero-order chi connectivity index (χ0) is 41.8. The van der Waals surface area contributed by atoms with Gasteiger partial charge in [0.25, 0.3) is 5.91 Å². The van der Waals surface area contributed by atoms with E-state index in [0.717, 1.165) is 0 Å². The highest BCUT2D eigenvalue weighted by atomic mass is 16.6. The van der Waals surface area contributed by atoms with Crippen LogP contribution in [0.3, 0.4) is 0 Å². The van der Waals surface area contributed by atoms with Crippen molar-refractivity contribution in [2.24, 2.45) is 16.7 Å². The van der Waals surface area contributed by atoms with Crippen molar-refractivity contribution in [2.45, 2.75) is 102 Å². The van der Waals surface area contributed by atoms with Crippen molar-refractivity contribution in [3.8, 4) is 0 Å². The van der Waals surface area contributed by atoms with Gasteiger partial charge in [-0.15, -0.1) is 0 Å². The van der Waals surface area contributed by atoms with Gasteiger partial charge in [0.1, 0.15) is 29.2 Å². The van der Waals surface area contributed by atoms with E-state index in [1.54, 1.807) is 107 Å². The lowest BCUT2D eigenvalue weighted by molar-refractivity contribution is -0.337. The van der Waals surface area contributed by atoms with Gasteiger partial charge >= 0.3 is 17.9 Å². The van der Waals surface area contributed by atoms with Gasteiger partial charge in [0.15, 0.2) is 6.10 Å². The second-order valence-electron chi connectivity index (χ2n) is 16.4. The van der Waals surface area contributed by atoms with Crippen molar-refractivity contribution in [3.63, 3.8) is 0 Å². The average molecular weight is 796 g/mol. The number of aliphatic hydroxyl groups is 3. The van der Waals surface area contributed by atoms with E-state index in [0.29, 0.717) is 22.3 Å². The molecule has 3 fully saturated rings. The Kier molecular flexibility index (Phi) is 10.7. The highest BCUT2D eigenvalue weighted by molar-refractivity contribution is 5.95. The molecule has 3 unspecified atom stereocenters. The molecule has 13 nitrogen and oxygen atoms in total. The van der Waals surface area contributed by atoms with Gasteiger partial charge in [-0.1, -0.05) is 66.7 Å². The average Bonchev–Trinajstić information content (AvgIpc) is 3.21. The maximum Gasteiger partial charge on any atom is 0.338 e. The summed E-state index contributed by atoms with van der Waals surface area (Å²) in [5.41, 5.74) is -5.28. The molecule has 306 valence electrons. The van der Waals surface area contributed by atoms with Gasteiger partial charge < -0.3 is 39.6 Å². The number of ketones is 1. The number of aliphatic hydroxyl groups excluding tert-OH is 2. The van der Waals surface area contributed by atoms with Crippen LogP contribution in [-0.4, -0.2) is 93.2 Å². The van der Waals surface area contributed by atoms with Crippen LogP contribution >= 0.6 is 0 Å². The summed E-state index contributed by atoms with van der Waals surface area (Å²) < 4.78 is 24.4. The molecule has 3 aromatic carbocycles. The highest BCUT2D eigenvalue weighted by Gasteiger charge is 2.86. The number of nitrogens with one attached hydrogen (secondary N) is 1. The molecule has 0 spiro atoms. The van der Waals surface area contributed by atoms with Gasteiger partial charge in [-0.3, -0.25) is 14.4 Å². The molecule has 13 heteroatoms. The van der Waals surface area contributed by atoms with Gasteiger partial charge in [-0.25, -0.2) is 9.59 Å². The lowest BCUT2D eigenvalue weighted by Crippen LogP contribution is -2.86. The summed E-state index contributed by atoms with van der Waals surface area (Å²) >= 11 is 0. The third kappa shape index (κ3) is 6.35. The van der Waals surface area contributed by atoms with Gasteiger partial charge in [0.05, 0.1) is 47.2 Å². The molecule has 2 saturated carbocycles. The Morgan fingerprint density at radius 3 is 2.09 bits per heavy atom. The normalized spacial score (nSPS) is 33.7. The molecular weight excluding hydrogens is 746 g/mol. The Hall–Kier alpha value is -5.21. The Morgan fingerprint density at radius 1 is 0.897 bits per heavy atom. The summed E-state index contributed by atoms with van der Waals surface area (Å²) in [5, 5.41) is 39.6. The van der Waals surface area contributed by atoms with Crippen LogP contribution in [0, 0.1) is 16.7 Å². The van der Waals surface area contributed by atoms with Crippen molar-refractivity contribution in [1.29, 1.82) is 0 Å². The Morgan fingerprint density at radius 2 is 1.48 bits per heavy atom. The lowest BCUT2D eigenvalue weighted by atomic mass is 9.32. The molecule has 0 aromatic heterocycles. The minimum absolute atomic E-state index is 0.0153. The molecule has 3 aromatic rings. The first-order valence-electron chi connectivity index (χ1n) is 19.5. The van der Waals surface area contributed by atoms with E-state index in [1.165, 1.54) is 19.1 Å². The van der Waals surface area contributed by atoms with Crippen LogP contribution in [0.1, 0.15) is 86.2 Å². The smallest absolute Gasteiger partial charge is 0.338 e. The number of Topliss-reactive ketones (excluding diaryl/α,β-unsaturated/α-hetero) is 1. The third-order valence-electron chi connectivity index (χ3n) is 13.3. The fourth-order valence-corrected chi connectivity index (χ4v) is 10.0. The minimum Gasteiger partial charge on any atom is -0.460 e. The fraction of sp³-hybridized carbons (Fsp3) is 0.444. The summed E-state index contributed by atoms with van der Waals surface area (Å²) in [7, 11) is 0.